The smallest absolute Gasteiger partial charge is 0.0577 e. The third kappa shape index (κ3) is 6.77. The number of aliphatic hydroxyl groups excluding tert-OH is 1. The maximum absolute atomic E-state index is 10.2. The summed E-state index contributed by atoms with van der Waals surface area (Å²) in [5.74, 6) is 5.15. The van der Waals surface area contributed by atoms with Crippen molar-refractivity contribution < 1.29 is 9.84 Å². The minimum atomic E-state index is -0.0839. The summed E-state index contributed by atoms with van der Waals surface area (Å²) in [5.41, 5.74) is 4.21. The van der Waals surface area contributed by atoms with Crippen LogP contribution in [0.4, 0.5) is 0 Å². The summed E-state index contributed by atoms with van der Waals surface area (Å²) in [7, 11) is 0. The van der Waals surface area contributed by atoms with E-state index in [0.717, 1.165) is 68.5 Å². The van der Waals surface area contributed by atoms with Crippen molar-refractivity contribution in [1.29, 1.82) is 0 Å². The molecule has 3 saturated carbocycles. The Morgan fingerprint density at radius 2 is 1.73 bits per heavy atom. The highest BCUT2D eigenvalue weighted by atomic mass is 16.5. The lowest BCUT2D eigenvalue weighted by Crippen LogP contribution is -2.50. The molecule has 0 unspecified atom stereocenters. The lowest BCUT2D eigenvalue weighted by atomic mass is 9.47. The van der Waals surface area contributed by atoms with Crippen LogP contribution in [0.5, 0.6) is 0 Å². The molecule has 0 bridgehead atoms. The van der Waals surface area contributed by atoms with Crippen molar-refractivity contribution in [3.8, 4) is 0 Å². The first-order chi connectivity index (χ1) is 17.6. The third-order valence-corrected chi connectivity index (χ3v) is 11.5. The van der Waals surface area contributed by atoms with Crippen LogP contribution < -0.4 is 0 Å². The van der Waals surface area contributed by atoms with E-state index in [4.69, 9.17) is 4.74 Å². The number of allylic oxidation sites excluding steroid dienone is 3. The highest BCUT2D eigenvalue weighted by Crippen LogP contribution is 2.67. The van der Waals surface area contributed by atoms with Gasteiger partial charge in [-0.2, -0.15) is 0 Å². The van der Waals surface area contributed by atoms with E-state index in [2.05, 4.69) is 67.5 Å². The van der Waals surface area contributed by atoms with Gasteiger partial charge in [0, 0.05) is 13.2 Å². The summed E-state index contributed by atoms with van der Waals surface area (Å²) in [6.07, 6.45) is 20.1. The van der Waals surface area contributed by atoms with Crippen LogP contribution in [0, 0.1) is 46.3 Å². The number of fused-ring (bicyclic) bond motifs is 5. The second-order valence-corrected chi connectivity index (χ2v) is 14.0. The normalized spacial score (nSPS) is 38.2. The summed E-state index contributed by atoms with van der Waals surface area (Å²) in [5, 5.41) is 10.2. The van der Waals surface area contributed by atoms with Crippen molar-refractivity contribution in [2.45, 2.75) is 139 Å². The minimum Gasteiger partial charge on any atom is -0.393 e. The number of rotatable bonds is 9. The third-order valence-electron chi connectivity index (χ3n) is 11.5. The highest BCUT2D eigenvalue weighted by molar-refractivity contribution is 5.25. The number of ether oxygens (including phenoxy) is 1. The summed E-state index contributed by atoms with van der Waals surface area (Å²) in [6, 6.07) is 0. The van der Waals surface area contributed by atoms with Crippen LogP contribution in [-0.4, -0.2) is 24.4 Å². The zero-order chi connectivity index (χ0) is 27.2. The van der Waals surface area contributed by atoms with E-state index >= 15 is 0 Å². The van der Waals surface area contributed by atoms with Crippen LogP contribution in [0.15, 0.2) is 23.3 Å². The van der Waals surface area contributed by atoms with Gasteiger partial charge in [0.05, 0.1) is 6.10 Å². The van der Waals surface area contributed by atoms with Gasteiger partial charge in [0.15, 0.2) is 0 Å². The van der Waals surface area contributed by atoms with Gasteiger partial charge in [0.2, 0.25) is 0 Å². The van der Waals surface area contributed by atoms with Crippen LogP contribution >= 0.6 is 0 Å². The Bertz CT molecular complexity index is 761. The van der Waals surface area contributed by atoms with Gasteiger partial charge in [0.1, 0.15) is 0 Å². The molecule has 0 saturated heterocycles. The van der Waals surface area contributed by atoms with Gasteiger partial charge in [0.25, 0.3) is 0 Å². The van der Waals surface area contributed by atoms with Gasteiger partial charge in [-0.1, -0.05) is 71.8 Å². The Morgan fingerprint density at radius 3 is 2.35 bits per heavy atom. The Balaban J connectivity index is 0.000000479. The molecule has 214 valence electrons. The molecule has 4 rings (SSSR count). The minimum absolute atomic E-state index is 0.0839. The van der Waals surface area contributed by atoms with Crippen molar-refractivity contribution in [2.24, 2.45) is 46.3 Å². The first-order valence-electron chi connectivity index (χ1n) is 16.2. The zero-order valence-corrected chi connectivity index (χ0v) is 26.0. The quantitative estimate of drug-likeness (QED) is 0.245. The van der Waals surface area contributed by atoms with Gasteiger partial charge in [-0.25, -0.2) is 0 Å². The van der Waals surface area contributed by atoms with E-state index in [9.17, 15) is 5.11 Å². The lowest BCUT2D eigenvalue weighted by molar-refractivity contribution is -0.0571. The molecule has 1 N–H and O–H groups in total. The second kappa shape index (κ2) is 13.6. The fraction of sp³-hybridized carbons (Fsp3) is 0.886. The number of hydrogen-bond acceptors (Lipinski definition) is 2. The van der Waals surface area contributed by atoms with E-state index < -0.39 is 0 Å². The van der Waals surface area contributed by atoms with Crippen LogP contribution in [0.2, 0.25) is 0 Å². The van der Waals surface area contributed by atoms with Gasteiger partial charge < -0.3 is 9.84 Å². The van der Waals surface area contributed by atoms with Gasteiger partial charge in [-0.3, -0.25) is 0 Å². The fourth-order valence-corrected chi connectivity index (χ4v) is 9.37. The van der Waals surface area contributed by atoms with E-state index in [1.54, 1.807) is 11.1 Å². The summed E-state index contributed by atoms with van der Waals surface area (Å²) >= 11 is 0. The van der Waals surface area contributed by atoms with Crippen molar-refractivity contribution in [1.82, 2.24) is 0 Å². The molecule has 37 heavy (non-hydrogen) atoms. The standard InChI is InChI=1S/C29H48O.C6H14O/c1-7-21(19(2)3)9-8-20(4)25-12-13-26-24-11-10-22-18-23(30)14-16-28(22,5)27(24)15-17-29(25,26)6;1-3-5-7-6-4-2/h7,10,19-20,23-27,30H,8-9,11-18H2,1-6H3;3-6H2,1-2H3/b21-7+;/t20-,23+,24+,25-,26+,27+,28+,29-;/m1./s1. The molecule has 0 aromatic heterocycles. The first kappa shape index (κ1) is 30.9. The van der Waals surface area contributed by atoms with Crippen molar-refractivity contribution in [3.05, 3.63) is 23.3 Å². The largest absolute Gasteiger partial charge is 0.393 e. The molecule has 0 heterocycles. The highest BCUT2D eigenvalue weighted by Gasteiger charge is 2.59. The molecule has 0 amide bonds. The Hall–Kier alpha value is -0.600. The zero-order valence-electron chi connectivity index (χ0n) is 26.0. The molecule has 4 aliphatic rings. The average molecular weight is 515 g/mol. The Kier molecular flexibility index (Phi) is 11.4. The molecule has 0 aliphatic heterocycles. The van der Waals surface area contributed by atoms with Crippen molar-refractivity contribution >= 4 is 0 Å². The molecule has 3 fully saturated rings. The predicted molar refractivity (Wildman–Crippen MR) is 160 cm³/mol. The van der Waals surface area contributed by atoms with E-state index in [1.807, 2.05) is 0 Å². The second-order valence-electron chi connectivity index (χ2n) is 14.0. The van der Waals surface area contributed by atoms with Crippen LogP contribution in [0.3, 0.4) is 0 Å². The maximum atomic E-state index is 10.2. The molecule has 8 atom stereocenters. The average Bonchev–Trinajstić information content (AvgIpc) is 3.22. The maximum Gasteiger partial charge on any atom is 0.0577 e. The molecular formula is C35H62O2. The van der Waals surface area contributed by atoms with Gasteiger partial charge in [-0.05, 0) is 130 Å². The van der Waals surface area contributed by atoms with E-state index in [1.165, 1.54) is 51.4 Å². The van der Waals surface area contributed by atoms with Crippen LogP contribution in [0.25, 0.3) is 0 Å². The van der Waals surface area contributed by atoms with E-state index in [-0.39, 0.29) is 6.10 Å². The molecular weight excluding hydrogens is 452 g/mol. The lowest BCUT2D eigenvalue weighted by Gasteiger charge is -2.58. The monoisotopic (exact) mass is 514 g/mol. The molecule has 0 aromatic carbocycles. The molecule has 0 radical (unpaired) electrons. The predicted octanol–water partition coefficient (Wildman–Crippen LogP) is 9.77. The molecule has 2 heteroatoms. The van der Waals surface area contributed by atoms with Crippen molar-refractivity contribution in [2.75, 3.05) is 13.2 Å². The summed E-state index contributed by atoms with van der Waals surface area (Å²) in [4.78, 5) is 0. The molecule has 4 aliphatic carbocycles. The van der Waals surface area contributed by atoms with Crippen molar-refractivity contribution in [3.63, 3.8) is 0 Å². The Morgan fingerprint density at radius 1 is 1.03 bits per heavy atom. The Labute approximate surface area is 231 Å². The van der Waals surface area contributed by atoms with Gasteiger partial charge >= 0.3 is 0 Å². The SMILES string of the molecule is C/C=C(\CC[C@@H](C)[C@H]1CC[C@H]2[C@@H]3CC=C4C[C@@H](O)CC[C@]4(C)[C@H]3CC[C@]12C)C(C)C.CCCOCCC. The summed E-state index contributed by atoms with van der Waals surface area (Å²) in [6.45, 7) is 20.8. The number of aliphatic hydroxyl groups is 1. The molecule has 2 nitrogen and oxygen atoms in total. The molecule has 0 aromatic rings. The molecule has 0 spiro atoms. The first-order valence-corrected chi connectivity index (χ1v) is 16.2. The van der Waals surface area contributed by atoms with Crippen LogP contribution in [0.1, 0.15) is 132 Å². The fourth-order valence-electron chi connectivity index (χ4n) is 9.37. The van der Waals surface area contributed by atoms with Crippen LogP contribution in [-0.2, 0) is 4.74 Å². The van der Waals surface area contributed by atoms with Gasteiger partial charge in [-0.15, -0.1) is 0 Å². The topological polar surface area (TPSA) is 29.5 Å². The summed E-state index contributed by atoms with van der Waals surface area (Å²) < 4.78 is 5.13. The van der Waals surface area contributed by atoms with E-state index in [0.29, 0.717) is 16.7 Å². The number of hydrogen-bond donors (Lipinski definition) is 1.